The molecule has 2 rings (SSSR count). The van der Waals surface area contributed by atoms with Gasteiger partial charge >= 0.3 is 5.97 Å². The van der Waals surface area contributed by atoms with Gasteiger partial charge in [-0.25, -0.2) is 0 Å². The molecule has 12 heavy (non-hydrogen) atoms. The van der Waals surface area contributed by atoms with E-state index < -0.39 is 0 Å². The van der Waals surface area contributed by atoms with E-state index in [0.717, 1.165) is 18.8 Å². The van der Waals surface area contributed by atoms with Crippen LogP contribution in [0.25, 0.3) is 0 Å². The zero-order chi connectivity index (χ0) is 8.55. The summed E-state index contributed by atoms with van der Waals surface area (Å²) in [6.45, 7) is 0.808. The van der Waals surface area contributed by atoms with Gasteiger partial charge in [-0.05, 0) is 6.42 Å². The average Bonchev–Trinajstić information content (AvgIpc) is 2.62. The summed E-state index contributed by atoms with van der Waals surface area (Å²) in [6.07, 6.45) is 2.41. The molecule has 1 aliphatic heterocycles. The third-order valence-electron chi connectivity index (χ3n) is 2.10. The van der Waals surface area contributed by atoms with Crippen molar-refractivity contribution in [3.05, 3.63) is 12.2 Å². The molecule has 0 fully saturated rings. The minimum absolute atomic E-state index is 0.211. The predicted molar refractivity (Wildman–Crippen MR) is 39.4 cm³/mol. The van der Waals surface area contributed by atoms with Gasteiger partial charge in [0, 0.05) is 6.54 Å². The van der Waals surface area contributed by atoms with Gasteiger partial charge in [-0.2, -0.15) is 0 Å². The second-order valence-corrected chi connectivity index (χ2v) is 2.75. The molecule has 0 spiro atoms. The van der Waals surface area contributed by atoms with Crippen molar-refractivity contribution < 1.29 is 9.53 Å². The molecule has 0 radical (unpaired) electrons. The van der Waals surface area contributed by atoms with E-state index in [2.05, 4.69) is 14.9 Å². The van der Waals surface area contributed by atoms with Crippen molar-refractivity contribution in [1.29, 1.82) is 0 Å². The maximum Gasteiger partial charge on any atom is 0.316 e. The van der Waals surface area contributed by atoms with Crippen LogP contribution in [0.15, 0.2) is 6.33 Å². The van der Waals surface area contributed by atoms with E-state index in [0.29, 0.717) is 0 Å². The number of rotatable bonds is 1. The molecular weight excluding hydrogens is 158 g/mol. The van der Waals surface area contributed by atoms with Gasteiger partial charge in [-0.1, -0.05) is 0 Å². The molecule has 1 aliphatic rings. The van der Waals surface area contributed by atoms with E-state index in [-0.39, 0.29) is 11.9 Å². The van der Waals surface area contributed by atoms with Gasteiger partial charge in [-0.3, -0.25) is 4.79 Å². The van der Waals surface area contributed by atoms with E-state index in [9.17, 15) is 4.79 Å². The second kappa shape index (κ2) is 2.58. The Morgan fingerprint density at radius 3 is 3.42 bits per heavy atom. The summed E-state index contributed by atoms with van der Waals surface area (Å²) in [4.78, 5) is 11.2. The predicted octanol–water partition coefficient (Wildman–Crippen LogP) is -0.0616. The van der Waals surface area contributed by atoms with E-state index in [4.69, 9.17) is 0 Å². The number of hydrogen-bond donors (Lipinski definition) is 0. The Morgan fingerprint density at radius 1 is 1.83 bits per heavy atom. The summed E-state index contributed by atoms with van der Waals surface area (Å²) in [5.74, 6) is 0.293. The fourth-order valence-electron chi connectivity index (χ4n) is 1.47. The third kappa shape index (κ3) is 0.895. The number of ether oxygens (including phenoxy) is 1. The number of methoxy groups -OCH3 is 1. The maximum absolute atomic E-state index is 11.2. The zero-order valence-electron chi connectivity index (χ0n) is 6.73. The Morgan fingerprint density at radius 2 is 2.67 bits per heavy atom. The van der Waals surface area contributed by atoms with Crippen LogP contribution < -0.4 is 0 Å². The normalized spacial score (nSPS) is 20.6. The molecule has 0 unspecified atom stereocenters. The first kappa shape index (κ1) is 7.27. The van der Waals surface area contributed by atoms with Crippen molar-refractivity contribution >= 4 is 5.97 Å². The van der Waals surface area contributed by atoms with Crippen LogP contribution in [-0.4, -0.2) is 27.8 Å². The standard InChI is InChI=1S/C7H9N3O2/c1-12-7(11)5-2-3-10-4-8-9-6(5)10/h4-5H,2-3H2,1H3/t5-/m0/s1. The van der Waals surface area contributed by atoms with E-state index in [1.807, 2.05) is 4.57 Å². The van der Waals surface area contributed by atoms with Gasteiger partial charge in [0.2, 0.25) is 0 Å². The van der Waals surface area contributed by atoms with E-state index in [1.54, 1.807) is 6.33 Å². The lowest BCUT2D eigenvalue weighted by atomic mass is 10.1. The number of nitrogens with zero attached hydrogens (tertiary/aromatic N) is 3. The van der Waals surface area contributed by atoms with Crippen LogP contribution in [0.3, 0.4) is 0 Å². The zero-order valence-corrected chi connectivity index (χ0v) is 6.73. The molecule has 0 saturated heterocycles. The van der Waals surface area contributed by atoms with Gasteiger partial charge < -0.3 is 9.30 Å². The van der Waals surface area contributed by atoms with Crippen molar-refractivity contribution in [3.63, 3.8) is 0 Å². The molecular formula is C7H9N3O2. The number of carbonyl (C=O) groups is 1. The number of aryl methyl sites for hydroxylation is 1. The van der Waals surface area contributed by atoms with Crippen LogP contribution in [0.4, 0.5) is 0 Å². The lowest BCUT2D eigenvalue weighted by molar-refractivity contribution is -0.142. The Labute approximate surface area is 69.4 Å². The molecule has 0 amide bonds. The fraction of sp³-hybridized carbons (Fsp3) is 0.571. The number of carbonyl (C=O) groups excluding carboxylic acids is 1. The maximum atomic E-state index is 11.2. The Balaban J connectivity index is 2.28. The Hall–Kier alpha value is -1.39. The van der Waals surface area contributed by atoms with Crippen molar-refractivity contribution in [3.8, 4) is 0 Å². The summed E-state index contributed by atoms with van der Waals surface area (Å²) >= 11 is 0. The SMILES string of the molecule is COC(=O)[C@H]1CCn2cnnc21. The molecule has 1 atom stereocenters. The molecule has 0 N–H and O–H groups in total. The number of hydrogen-bond acceptors (Lipinski definition) is 4. The van der Waals surface area contributed by atoms with E-state index >= 15 is 0 Å². The quantitative estimate of drug-likeness (QED) is 0.550. The molecule has 0 aliphatic carbocycles. The Kier molecular flexibility index (Phi) is 1.56. The highest BCUT2D eigenvalue weighted by Crippen LogP contribution is 2.26. The Bertz CT molecular complexity index is 307. The molecule has 0 bridgehead atoms. The smallest absolute Gasteiger partial charge is 0.316 e. The number of aromatic nitrogens is 3. The molecule has 0 aromatic carbocycles. The molecule has 1 aromatic rings. The first-order chi connectivity index (χ1) is 5.83. The van der Waals surface area contributed by atoms with Crippen LogP contribution in [0, 0.1) is 0 Å². The summed E-state index contributed by atoms with van der Waals surface area (Å²) in [5, 5.41) is 7.58. The van der Waals surface area contributed by atoms with Crippen molar-refractivity contribution in [2.45, 2.75) is 18.9 Å². The first-order valence-corrected chi connectivity index (χ1v) is 3.78. The molecule has 64 valence electrons. The van der Waals surface area contributed by atoms with E-state index in [1.165, 1.54) is 7.11 Å². The van der Waals surface area contributed by atoms with Crippen molar-refractivity contribution in [2.24, 2.45) is 0 Å². The summed E-state index contributed by atoms with van der Waals surface area (Å²) in [6, 6.07) is 0. The van der Waals surface area contributed by atoms with Gasteiger partial charge in [0.05, 0.1) is 7.11 Å². The van der Waals surface area contributed by atoms with Crippen LogP contribution in [0.1, 0.15) is 18.2 Å². The van der Waals surface area contributed by atoms with Crippen LogP contribution in [0.5, 0.6) is 0 Å². The summed E-state index contributed by atoms with van der Waals surface area (Å²) in [5.41, 5.74) is 0. The topological polar surface area (TPSA) is 57.0 Å². The lowest BCUT2D eigenvalue weighted by Gasteiger charge is -2.03. The van der Waals surface area contributed by atoms with Gasteiger partial charge in [-0.15, -0.1) is 10.2 Å². The second-order valence-electron chi connectivity index (χ2n) is 2.75. The highest BCUT2D eigenvalue weighted by atomic mass is 16.5. The van der Waals surface area contributed by atoms with Crippen LogP contribution in [-0.2, 0) is 16.1 Å². The van der Waals surface area contributed by atoms with Gasteiger partial charge in [0.1, 0.15) is 18.1 Å². The molecule has 1 aromatic heterocycles. The average molecular weight is 167 g/mol. The summed E-state index contributed by atoms with van der Waals surface area (Å²) in [7, 11) is 1.39. The third-order valence-corrected chi connectivity index (χ3v) is 2.10. The molecule has 0 saturated carbocycles. The van der Waals surface area contributed by atoms with Crippen molar-refractivity contribution in [2.75, 3.05) is 7.11 Å². The highest BCUT2D eigenvalue weighted by molar-refractivity contribution is 5.77. The molecule has 5 heteroatoms. The van der Waals surface area contributed by atoms with Gasteiger partial charge in [0.15, 0.2) is 0 Å². The summed E-state index contributed by atoms with van der Waals surface area (Å²) < 4.78 is 6.52. The molecule has 2 heterocycles. The molecule has 5 nitrogen and oxygen atoms in total. The highest BCUT2D eigenvalue weighted by Gasteiger charge is 2.31. The van der Waals surface area contributed by atoms with Crippen LogP contribution in [0.2, 0.25) is 0 Å². The lowest BCUT2D eigenvalue weighted by Crippen LogP contribution is -2.12. The minimum Gasteiger partial charge on any atom is -0.468 e. The fourth-order valence-corrected chi connectivity index (χ4v) is 1.47. The minimum atomic E-state index is -0.221. The van der Waals surface area contributed by atoms with Crippen molar-refractivity contribution in [1.82, 2.24) is 14.8 Å². The first-order valence-electron chi connectivity index (χ1n) is 3.78. The number of esters is 1. The van der Waals surface area contributed by atoms with Gasteiger partial charge in [0.25, 0.3) is 0 Å². The largest absolute Gasteiger partial charge is 0.468 e. The monoisotopic (exact) mass is 167 g/mol. The number of fused-ring (bicyclic) bond motifs is 1. The van der Waals surface area contributed by atoms with Crippen LogP contribution >= 0.6 is 0 Å².